The average molecular weight is 555 g/mol. The summed E-state index contributed by atoms with van der Waals surface area (Å²) >= 11 is 0. The smallest absolute Gasteiger partial charge is 0.317 e. The predicted octanol–water partition coefficient (Wildman–Crippen LogP) is 0.137. The predicted molar refractivity (Wildman–Crippen MR) is 140 cm³/mol. The maximum Gasteiger partial charge on any atom is 0.317 e. The van der Waals surface area contributed by atoms with Crippen molar-refractivity contribution in [3.8, 4) is 0 Å². The summed E-state index contributed by atoms with van der Waals surface area (Å²) in [5.74, 6) is -6.23. The van der Waals surface area contributed by atoms with Gasteiger partial charge in [-0.15, -0.1) is 0 Å². The zero-order valence-corrected chi connectivity index (χ0v) is 22.4. The van der Waals surface area contributed by atoms with E-state index in [2.05, 4.69) is 5.32 Å². The average Bonchev–Trinajstić information content (AvgIpc) is 2.74. The van der Waals surface area contributed by atoms with Crippen molar-refractivity contribution in [3.63, 3.8) is 0 Å². The Labute approximate surface area is 226 Å². The minimum atomic E-state index is -1.26. The molecule has 0 aliphatic carbocycles. The molecule has 0 aliphatic heterocycles. The molecule has 0 aliphatic rings. The maximum atomic E-state index is 11.6. The number of aliphatic carboxylic acids is 5. The second-order valence-corrected chi connectivity index (χ2v) is 10.2. The molecule has 0 heterocycles. The van der Waals surface area contributed by atoms with Crippen LogP contribution in [0.2, 0.25) is 0 Å². The van der Waals surface area contributed by atoms with Gasteiger partial charge in [0.25, 0.3) is 0 Å². The first-order valence-electron chi connectivity index (χ1n) is 12.2. The van der Waals surface area contributed by atoms with Crippen LogP contribution in [-0.2, 0) is 30.4 Å². The van der Waals surface area contributed by atoms with Crippen molar-refractivity contribution in [3.05, 3.63) is 29.8 Å². The molecule has 14 nitrogen and oxygen atoms in total. The SMILES string of the molecule is CC(C)(C)Nc1ccc(CC(CN(CCN(CC(=O)O)CC(=O)O)CC(=O)O)N(CC(=O)O)CC(=O)O)cc1. The van der Waals surface area contributed by atoms with Gasteiger partial charge in [-0.05, 0) is 44.9 Å². The van der Waals surface area contributed by atoms with Crippen LogP contribution < -0.4 is 5.32 Å². The molecule has 0 radical (unpaired) electrons. The van der Waals surface area contributed by atoms with E-state index in [9.17, 15) is 39.3 Å². The molecule has 14 heteroatoms. The van der Waals surface area contributed by atoms with Crippen LogP contribution in [0.4, 0.5) is 5.69 Å². The fraction of sp³-hybridized carbons (Fsp3) is 0.560. The van der Waals surface area contributed by atoms with Crippen LogP contribution in [0.3, 0.4) is 0 Å². The topological polar surface area (TPSA) is 208 Å². The summed E-state index contributed by atoms with van der Waals surface area (Å²) in [6.45, 7) is 2.92. The van der Waals surface area contributed by atoms with Gasteiger partial charge in [-0.1, -0.05) is 12.1 Å². The molecule has 0 aromatic heterocycles. The van der Waals surface area contributed by atoms with Crippen LogP contribution in [0.15, 0.2) is 24.3 Å². The highest BCUT2D eigenvalue weighted by molar-refractivity contribution is 5.73. The summed E-state index contributed by atoms with van der Waals surface area (Å²) in [5.41, 5.74) is 1.42. The Balaban J connectivity index is 3.24. The molecule has 0 spiro atoms. The van der Waals surface area contributed by atoms with E-state index in [-0.39, 0.29) is 31.6 Å². The zero-order valence-electron chi connectivity index (χ0n) is 22.4. The fourth-order valence-corrected chi connectivity index (χ4v) is 4.00. The second-order valence-electron chi connectivity index (χ2n) is 10.2. The zero-order chi connectivity index (χ0) is 29.8. The number of carbonyl (C=O) groups is 5. The van der Waals surface area contributed by atoms with E-state index < -0.39 is 68.6 Å². The number of rotatable bonds is 19. The van der Waals surface area contributed by atoms with E-state index >= 15 is 0 Å². The van der Waals surface area contributed by atoms with E-state index in [0.717, 1.165) is 16.2 Å². The monoisotopic (exact) mass is 554 g/mol. The van der Waals surface area contributed by atoms with E-state index in [1.165, 1.54) is 9.80 Å². The van der Waals surface area contributed by atoms with Crippen molar-refractivity contribution >= 4 is 35.5 Å². The first-order valence-corrected chi connectivity index (χ1v) is 12.2. The summed E-state index contributed by atoms with van der Waals surface area (Å²) in [6.07, 6.45) is 0.195. The molecular formula is C25H38N4O10. The molecule has 6 N–H and O–H groups in total. The normalized spacial score (nSPS) is 12.5. The van der Waals surface area contributed by atoms with Gasteiger partial charge in [0.1, 0.15) is 0 Å². The third kappa shape index (κ3) is 15.3. The van der Waals surface area contributed by atoms with Crippen molar-refractivity contribution in [2.45, 2.75) is 38.8 Å². The molecule has 0 saturated carbocycles. The van der Waals surface area contributed by atoms with Crippen molar-refractivity contribution in [1.29, 1.82) is 0 Å². The summed E-state index contributed by atoms with van der Waals surface area (Å²) < 4.78 is 0. The van der Waals surface area contributed by atoms with Crippen LogP contribution in [0.5, 0.6) is 0 Å². The Morgan fingerprint density at radius 3 is 1.51 bits per heavy atom. The van der Waals surface area contributed by atoms with Gasteiger partial charge in [-0.25, -0.2) is 0 Å². The third-order valence-corrected chi connectivity index (χ3v) is 5.42. The van der Waals surface area contributed by atoms with E-state index in [0.29, 0.717) is 0 Å². The number of benzene rings is 1. The number of hydrogen-bond acceptors (Lipinski definition) is 9. The molecule has 0 bridgehead atoms. The van der Waals surface area contributed by atoms with E-state index in [4.69, 9.17) is 10.2 Å². The number of hydrogen-bond donors (Lipinski definition) is 6. The van der Waals surface area contributed by atoms with E-state index in [1.54, 1.807) is 0 Å². The minimum Gasteiger partial charge on any atom is -0.480 e. The first kappa shape index (κ1) is 33.3. The molecule has 39 heavy (non-hydrogen) atoms. The molecule has 1 aromatic carbocycles. The molecule has 1 aromatic rings. The summed E-state index contributed by atoms with van der Waals surface area (Å²) in [5, 5.41) is 49.7. The van der Waals surface area contributed by atoms with Crippen molar-refractivity contribution in [2.24, 2.45) is 0 Å². The number of carboxylic acid groups (broad SMARTS) is 5. The summed E-state index contributed by atoms with van der Waals surface area (Å²) in [4.78, 5) is 60.7. The molecule has 1 atom stereocenters. The van der Waals surface area contributed by atoms with Gasteiger partial charge < -0.3 is 30.8 Å². The van der Waals surface area contributed by atoms with Gasteiger partial charge in [-0.3, -0.25) is 38.7 Å². The highest BCUT2D eigenvalue weighted by atomic mass is 16.4. The lowest BCUT2D eigenvalue weighted by atomic mass is 10.0. The van der Waals surface area contributed by atoms with Crippen LogP contribution in [0.25, 0.3) is 0 Å². The Bertz CT molecular complexity index is 962. The minimum absolute atomic E-state index is 0.0498. The Kier molecular flexibility index (Phi) is 13.3. The van der Waals surface area contributed by atoms with Crippen LogP contribution in [-0.4, -0.2) is 134 Å². The lowest BCUT2D eigenvalue weighted by Crippen LogP contribution is -2.51. The number of anilines is 1. The van der Waals surface area contributed by atoms with Gasteiger partial charge in [0.2, 0.25) is 0 Å². The van der Waals surface area contributed by atoms with Crippen molar-refractivity contribution < 1.29 is 49.5 Å². The number of nitrogens with zero attached hydrogens (tertiary/aromatic N) is 3. The molecule has 0 saturated heterocycles. The van der Waals surface area contributed by atoms with Crippen LogP contribution >= 0.6 is 0 Å². The molecule has 1 rings (SSSR count). The lowest BCUT2D eigenvalue weighted by molar-refractivity contribution is -0.144. The molecule has 0 fully saturated rings. The standard InChI is InChI=1S/C25H38N4O10/c1-25(2,3)26-18-6-4-17(5-7-18)10-19(29(15-23(36)37)16-24(38)39)11-27(12-20(30)31)8-9-28(13-21(32)33)14-22(34)35/h4-7,19,26H,8-16H2,1-3H3,(H,30,31)(H,32,33)(H,34,35)(H,36,37)(H,38,39). The van der Waals surface area contributed by atoms with Gasteiger partial charge in [0, 0.05) is 36.9 Å². The second kappa shape index (κ2) is 15.6. The lowest BCUT2D eigenvalue weighted by Gasteiger charge is -2.34. The number of carboxylic acids is 5. The maximum absolute atomic E-state index is 11.6. The largest absolute Gasteiger partial charge is 0.480 e. The van der Waals surface area contributed by atoms with Crippen LogP contribution in [0, 0.1) is 0 Å². The Hall–Kier alpha value is -3.75. The Morgan fingerprint density at radius 1 is 0.692 bits per heavy atom. The molecule has 218 valence electrons. The summed E-state index contributed by atoms with van der Waals surface area (Å²) in [7, 11) is 0. The van der Waals surface area contributed by atoms with Gasteiger partial charge in [0.05, 0.1) is 32.7 Å². The molecule has 0 amide bonds. The highest BCUT2D eigenvalue weighted by Gasteiger charge is 2.27. The van der Waals surface area contributed by atoms with Gasteiger partial charge >= 0.3 is 29.8 Å². The van der Waals surface area contributed by atoms with Crippen LogP contribution in [0.1, 0.15) is 26.3 Å². The van der Waals surface area contributed by atoms with Crippen molar-refractivity contribution in [2.75, 3.05) is 57.7 Å². The van der Waals surface area contributed by atoms with E-state index in [1.807, 2.05) is 45.0 Å². The molecule has 1 unspecified atom stereocenters. The fourth-order valence-electron chi connectivity index (χ4n) is 4.00. The first-order chi connectivity index (χ1) is 18.0. The van der Waals surface area contributed by atoms with Gasteiger partial charge in [-0.2, -0.15) is 0 Å². The van der Waals surface area contributed by atoms with Crippen molar-refractivity contribution in [1.82, 2.24) is 14.7 Å². The quantitative estimate of drug-likeness (QED) is 0.134. The van der Waals surface area contributed by atoms with Gasteiger partial charge in [0.15, 0.2) is 0 Å². The summed E-state index contributed by atoms with van der Waals surface area (Å²) in [6, 6.07) is 6.54. The third-order valence-electron chi connectivity index (χ3n) is 5.42. The molecular weight excluding hydrogens is 516 g/mol. The number of nitrogens with one attached hydrogen (secondary N) is 1. The Morgan fingerprint density at radius 2 is 1.10 bits per heavy atom. The highest BCUT2D eigenvalue weighted by Crippen LogP contribution is 2.18.